The van der Waals surface area contributed by atoms with Gasteiger partial charge in [-0.1, -0.05) is 62.7 Å². The van der Waals surface area contributed by atoms with Crippen molar-refractivity contribution in [3.63, 3.8) is 0 Å². The standard InChI is InChI=1S/C32H37NO6S/c1-4-7-27-38-26-15-21-20-11-10-18-14-19(34)12-13-30(18,2)28(20)23(35)16-31(21,3)32(26,39-27)25(36)17-40-29-33-22-8-5-6-9-24(22)37-29/h5-6,8-9,12-14,20-21,23,26-28,35H,4,7,10-11,15-17H2,1-3H3/t20?,21?,23-,26+,27-,28?,30?,31?,32+/m0/s1. The summed E-state index contributed by atoms with van der Waals surface area (Å²) < 4.78 is 19.2. The highest BCUT2D eigenvalue weighted by Crippen LogP contribution is 2.69. The van der Waals surface area contributed by atoms with Crippen LogP contribution in [0.4, 0.5) is 0 Å². The van der Waals surface area contributed by atoms with E-state index in [0.717, 1.165) is 43.2 Å². The molecule has 2 heterocycles. The number of hydrogen-bond acceptors (Lipinski definition) is 8. The lowest BCUT2D eigenvalue weighted by atomic mass is 9.46. The molecule has 1 aliphatic heterocycles. The molecule has 7 rings (SSSR count). The number of thioether (sulfide) groups is 1. The van der Waals surface area contributed by atoms with Gasteiger partial charge in [-0.2, -0.15) is 0 Å². The zero-order chi connectivity index (χ0) is 27.9. The van der Waals surface area contributed by atoms with Gasteiger partial charge in [0.05, 0.1) is 18.0 Å². The van der Waals surface area contributed by atoms with Crippen LogP contribution in [0.15, 0.2) is 57.7 Å². The summed E-state index contributed by atoms with van der Waals surface area (Å²) >= 11 is 1.30. The van der Waals surface area contributed by atoms with Crippen LogP contribution in [0.25, 0.3) is 11.1 Å². The van der Waals surface area contributed by atoms with Crippen LogP contribution in [0.5, 0.6) is 0 Å². The fourth-order valence-electron chi connectivity index (χ4n) is 9.15. The minimum atomic E-state index is -1.13. The largest absolute Gasteiger partial charge is 0.431 e. The lowest BCUT2D eigenvalue weighted by Crippen LogP contribution is -2.63. The number of rotatable bonds is 6. The molecule has 0 amide bonds. The molecule has 1 aromatic carbocycles. The molecule has 5 unspecified atom stereocenters. The maximum absolute atomic E-state index is 14.4. The Bertz CT molecular complexity index is 1400. The van der Waals surface area contributed by atoms with Gasteiger partial charge in [0, 0.05) is 16.7 Å². The van der Waals surface area contributed by atoms with Crippen LogP contribution in [0.3, 0.4) is 0 Å². The number of ether oxygens (including phenoxy) is 2. The zero-order valence-electron chi connectivity index (χ0n) is 23.3. The van der Waals surface area contributed by atoms with Crippen molar-refractivity contribution >= 4 is 34.4 Å². The number of nitrogens with zero attached hydrogens (tertiary/aromatic N) is 1. The number of benzene rings is 1. The summed E-state index contributed by atoms with van der Waals surface area (Å²) in [7, 11) is 0. The van der Waals surface area contributed by atoms with Crippen molar-refractivity contribution in [1.29, 1.82) is 0 Å². The van der Waals surface area contributed by atoms with Gasteiger partial charge in [0.2, 0.25) is 0 Å². The smallest absolute Gasteiger partial charge is 0.257 e. The minimum absolute atomic E-state index is 0.00947. The van der Waals surface area contributed by atoms with Gasteiger partial charge < -0.3 is 19.0 Å². The Hall–Kier alpha value is -2.26. The molecule has 5 aliphatic rings. The number of aromatic nitrogens is 1. The molecule has 4 aliphatic carbocycles. The maximum Gasteiger partial charge on any atom is 0.257 e. The van der Waals surface area contributed by atoms with Crippen LogP contribution in [-0.4, -0.2) is 51.5 Å². The van der Waals surface area contributed by atoms with E-state index in [-0.39, 0.29) is 46.6 Å². The SMILES string of the molecule is CCC[C@H]1O[C@@H]2CC3C4CCC5=CC(=O)C=CC5(C)C4[C@@H](O)CC3(C)[C@]2(C(=O)CSc2nc3ccccc3o2)O1. The Balaban J connectivity index is 1.22. The number of fused-ring (bicyclic) bond motifs is 8. The third kappa shape index (κ3) is 3.65. The van der Waals surface area contributed by atoms with Gasteiger partial charge in [-0.3, -0.25) is 9.59 Å². The van der Waals surface area contributed by atoms with Crippen LogP contribution in [0.1, 0.15) is 59.3 Å². The molecule has 40 heavy (non-hydrogen) atoms. The predicted molar refractivity (Wildman–Crippen MR) is 151 cm³/mol. The van der Waals surface area contributed by atoms with E-state index in [9.17, 15) is 14.7 Å². The molecule has 0 spiro atoms. The molecule has 1 aromatic heterocycles. The Labute approximate surface area is 238 Å². The Morgan fingerprint density at radius 3 is 2.88 bits per heavy atom. The second-order valence-electron chi connectivity index (χ2n) is 12.8. The second kappa shape index (κ2) is 9.38. The van der Waals surface area contributed by atoms with Gasteiger partial charge in [-0.15, -0.1) is 0 Å². The first-order valence-electron chi connectivity index (χ1n) is 14.7. The normalized spacial score (nSPS) is 41.8. The molecule has 7 nitrogen and oxygen atoms in total. The Kier molecular flexibility index (Phi) is 6.24. The lowest BCUT2D eigenvalue weighted by Gasteiger charge is -2.59. The monoisotopic (exact) mass is 563 g/mol. The first-order valence-corrected chi connectivity index (χ1v) is 15.7. The molecular weight excluding hydrogens is 526 g/mol. The number of aliphatic hydroxyl groups excluding tert-OH is 1. The van der Waals surface area contributed by atoms with Crippen molar-refractivity contribution in [2.24, 2.45) is 28.6 Å². The Morgan fingerprint density at radius 1 is 1.25 bits per heavy atom. The van der Waals surface area contributed by atoms with E-state index in [1.54, 1.807) is 12.2 Å². The van der Waals surface area contributed by atoms with Crippen LogP contribution in [-0.2, 0) is 19.1 Å². The molecule has 1 N–H and O–H groups in total. The van der Waals surface area contributed by atoms with Crippen molar-refractivity contribution in [3.05, 3.63) is 48.1 Å². The van der Waals surface area contributed by atoms with Gasteiger partial charge in [0.15, 0.2) is 29.0 Å². The van der Waals surface area contributed by atoms with Crippen molar-refractivity contribution in [1.82, 2.24) is 4.98 Å². The van der Waals surface area contributed by atoms with E-state index < -0.39 is 23.4 Å². The minimum Gasteiger partial charge on any atom is -0.431 e. The molecule has 9 atom stereocenters. The third-order valence-electron chi connectivity index (χ3n) is 10.8. The highest BCUT2D eigenvalue weighted by molar-refractivity contribution is 7.99. The van der Waals surface area contributed by atoms with Gasteiger partial charge in [-0.05, 0) is 68.2 Å². The highest BCUT2D eigenvalue weighted by Gasteiger charge is 2.75. The maximum atomic E-state index is 14.4. The molecule has 2 aromatic rings. The van der Waals surface area contributed by atoms with E-state index in [2.05, 4.69) is 25.8 Å². The van der Waals surface area contributed by atoms with Crippen molar-refractivity contribution in [3.8, 4) is 0 Å². The summed E-state index contributed by atoms with van der Waals surface area (Å²) in [6.07, 6.45) is 8.58. The van der Waals surface area contributed by atoms with Gasteiger partial charge >= 0.3 is 0 Å². The van der Waals surface area contributed by atoms with Crippen LogP contribution in [0, 0.1) is 28.6 Å². The third-order valence-corrected chi connectivity index (χ3v) is 11.7. The summed E-state index contributed by atoms with van der Waals surface area (Å²) in [6, 6.07) is 7.59. The van der Waals surface area contributed by atoms with E-state index in [1.807, 2.05) is 30.3 Å². The summed E-state index contributed by atoms with van der Waals surface area (Å²) in [6.45, 7) is 6.42. The highest BCUT2D eigenvalue weighted by atomic mass is 32.2. The molecular formula is C32H37NO6S. The number of ketones is 2. The van der Waals surface area contributed by atoms with Crippen molar-refractivity contribution in [2.75, 3.05) is 5.75 Å². The summed E-state index contributed by atoms with van der Waals surface area (Å²) in [5.41, 5.74) is 0.524. The first kappa shape index (κ1) is 26.6. The number of para-hydroxylation sites is 2. The van der Waals surface area contributed by atoms with E-state index >= 15 is 0 Å². The number of carbonyl (C=O) groups excluding carboxylic acids is 2. The Morgan fingerprint density at radius 2 is 2.08 bits per heavy atom. The van der Waals surface area contributed by atoms with Crippen LogP contribution in [0.2, 0.25) is 0 Å². The van der Waals surface area contributed by atoms with Crippen molar-refractivity contribution in [2.45, 2.75) is 88.6 Å². The van der Waals surface area contributed by atoms with E-state index in [0.29, 0.717) is 17.2 Å². The number of aliphatic hydroxyl groups is 1. The molecule has 3 saturated carbocycles. The topological polar surface area (TPSA) is 98.9 Å². The number of oxazole rings is 1. The van der Waals surface area contributed by atoms with Crippen LogP contribution < -0.4 is 0 Å². The molecule has 0 radical (unpaired) electrons. The van der Waals surface area contributed by atoms with Gasteiger partial charge in [-0.25, -0.2) is 4.98 Å². The predicted octanol–water partition coefficient (Wildman–Crippen LogP) is 5.66. The van der Waals surface area contributed by atoms with E-state index in [1.165, 1.54) is 11.8 Å². The molecule has 212 valence electrons. The average molecular weight is 564 g/mol. The van der Waals surface area contributed by atoms with Gasteiger partial charge in [0.1, 0.15) is 5.52 Å². The summed E-state index contributed by atoms with van der Waals surface area (Å²) in [4.78, 5) is 31.1. The average Bonchev–Trinajstić information content (AvgIpc) is 3.57. The molecule has 8 heteroatoms. The fourth-order valence-corrected chi connectivity index (χ4v) is 9.93. The quantitative estimate of drug-likeness (QED) is 0.450. The summed E-state index contributed by atoms with van der Waals surface area (Å²) in [5.74, 6) is 0.530. The molecule has 0 bridgehead atoms. The fraction of sp³-hybridized carbons (Fsp3) is 0.594. The van der Waals surface area contributed by atoms with Crippen molar-refractivity contribution < 1.29 is 28.6 Å². The number of carbonyl (C=O) groups is 2. The number of Topliss-reactive ketones (excluding diaryl/α,β-unsaturated/α-hetero) is 1. The number of allylic oxidation sites excluding steroid dienone is 4. The second-order valence-corrected chi connectivity index (χ2v) is 13.7. The van der Waals surface area contributed by atoms with E-state index in [4.69, 9.17) is 13.9 Å². The van der Waals surface area contributed by atoms with Gasteiger partial charge in [0.25, 0.3) is 5.22 Å². The first-order chi connectivity index (χ1) is 19.2. The molecule has 4 fully saturated rings. The number of hydrogen-bond donors (Lipinski definition) is 1. The van der Waals surface area contributed by atoms with Crippen LogP contribution >= 0.6 is 11.8 Å². The lowest BCUT2D eigenvalue weighted by molar-refractivity contribution is -0.197. The molecule has 1 saturated heterocycles. The zero-order valence-corrected chi connectivity index (χ0v) is 24.1. The summed E-state index contributed by atoms with van der Waals surface area (Å²) in [5, 5.41) is 12.3.